The lowest BCUT2D eigenvalue weighted by Gasteiger charge is -2.11. The van der Waals surface area contributed by atoms with E-state index in [1.807, 2.05) is 19.1 Å². The van der Waals surface area contributed by atoms with Crippen LogP contribution in [-0.4, -0.2) is 23.1 Å². The Bertz CT molecular complexity index is 377. The Labute approximate surface area is 109 Å². The number of hydrogen-bond donors (Lipinski definition) is 1. The standard InChI is InChI=1S/C14H23N3O/c1-5-7-8-9-18-13-10-12(15-6-2)16-14(17-13)11(3)4/h5,10-11H,1,6-9H2,2-4H3,(H,15,16,17). The van der Waals surface area contributed by atoms with Gasteiger partial charge in [0.2, 0.25) is 5.88 Å². The van der Waals surface area contributed by atoms with Gasteiger partial charge in [-0.2, -0.15) is 4.98 Å². The number of nitrogens with zero attached hydrogens (tertiary/aromatic N) is 2. The maximum atomic E-state index is 5.65. The molecule has 1 aromatic rings. The Morgan fingerprint density at radius 1 is 1.44 bits per heavy atom. The monoisotopic (exact) mass is 249 g/mol. The Morgan fingerprint density at radius 2 is 2.22 bits per heavy atom. The SMILES string of the molecule is C=CCCCOc1cc(NCC)nc(C(C)C)n1. The zero-order valence-corrected chi connectivity index (χ0v) is 11.6. The van der Waals surface area contributed by atoms with Gasteiger partial charge >= 0.3 is 0 Å². The largest absolute Gasteiger partial charge is 0.478 e. The number of rotatable bonds is 8. The van der Waals surface area contributed by atoms with Crippen molar-refractivity contribution in [3.05, 3.63) is 24.5 Å². The second kappa shape index (κ2) is 7.69. The van der Waals surface area contributed by atoms with Crippen LogP contribution in [0.2, 0.25) is 0 Å². The second-order valence-corrected chi connectivity index (χ2v) is 4.41. The molecule has 0 spiro atoms. The molecule has 1 heterocycles. The smallest absolute Gasteiger partial charge is 0.218 e. The predicted octanol–water partition coefficient (Wildman–Crippen LogP) is 3.38. The molecule has 1 aromatic heterocycles. The summed E-state index contributed by atoms with van der Waals surface area (Å²) in [6.45, 7) is 11.4. The maximum absolute atomic E-state index is 5.65. The first-order valence-corrected chi connectivity index (χ1v) is 6.54. The summed E-state index contributed by atoms with van der Waals surface area (Å²) in [6.07, 6.45) is 3.82. The van der Waals surface area contributed by atoms with E-state index in [0.29, 0.717) is 18.4 Å². The molecule has 0 atom stereocenters. The quantitative estimate of drug-likeness (QED) is 0.567. The molecule has 0 radical (unpaired) electrons. The van der Waals surface area contributed by atoms with Crippen molar-refractivity contribution in [2.45, 2.75) is 39.5 Å². The molecule has 0 aliphatic heterocycles. The Kier molecular flexibility index (Phi) is 6.19. The van der Waals surface area contributed by atoms with E-state index in [1.54, 1.807) is 0 Å². The highest BCUT2D eigenvalue weighted by Crippen LogP contribution is 2.18. The van der Waals surface area contributed by atoms with Gasteiger partial charge in [0.25, 0.3) is 0 Å². The summed E-state index contributed by atoms with van der Waals surface area (Å²) >= 11 is 0. The first-order valence-electron chi connectivity index (χ1n) is 6.54. The van der Waals surface area contributed by atoms with Gasteiger partial charge in [0.05, 0.1) is 6.61 Å². The fourth-order valence-corrected chi connectivity index (χ4v) is 1.45. The molecule has 0 amide bonds. The fraction of sp³-hybridized carbons (Fsp3) is 0.571. The summed E-state index contributed by atoms with van der Waals surface area (Å²) in [5.41, 5.74) is 0. The van der Waals surface area contributed by atoms with E-state index in [9.17, 15) is 0 Å². The lowest BCUT2D eigenvalue weighted by molar-refractivity contribution is 0.298. The molecule has 0 aromatic carbocycles. The van der Waals surface area contributed by atoms with Gasteiger partial charge in [-0.25, -0.2) is 4.98 Å². The van der Waals surface area contributed by atoms with E-state index in [1.165, 1.54) is 0 Å². The third kappa shape index (κ3) is 4.73. The van der Waals surface area contributed by atoms with Crippen LogP contribution in [0.25, 0.3) is 0 Å². The zero-order chi connectivity index (χ0) is 13.4. The molecular formula is C14H23N3O. The molecule has 0 saturated carbocycles. The van der Waals surface area contributed by atoms with Crippen LogP contribution in [-0.2, 0) is 0 Å². The molecule has 0 fully saturated rings. The predicted molar refractivity (Wildman–Crippen MR) is 75.2 cm³/mol. The molecule has 1 N–H and O–H groups in total. The van der Waals surface area contributed by atoms with E-state index >= 15 is 0 Å². The van der Waals surface area contributed by atoms with Gasteiger partial charge in [0.1, 0.15) is 11.6 Å². The number of allylic oxidation sites excluding steroid dienone is 1. The van der Waals surface area contributed by atoms with Crippen molar-refractivity contribution in [2.24, 2.45) is 0 Å². The van der Waals surface area contributed by atoms with Gasteiger partial charge in [-0.3, -0.25) is 0 Å². The van der Waals surface area contributed by atoms with E-state index in [4.69, 9.17) is 4.74 Å². The van der Waals surface area contributed by atoms with E-state index in [2.05, 4.69) is 35.7 Å². The summed E-state index contributed by atoms with van der Waals surface area (Å²) in [4.78, 5) is 8.86. The number of aromatic nitrogens is 2. The highest BCUT2D eigenvalue weighted by Gasteiger charge is 2.08. The number of anilines is 1. The van der Waals surface area contributed by atoms with Crippen LogP contribution in [0, 0.1) is 0 Å². The van der Waals surface area contributed by atoms with Crippen LogP contribution in [0.3, 0.4) is 0 Å². The third-order valence-electron chi connectivity index (χ3n) is 2.40. The summed E-state index contributed by atoms with van der Waals surface area (Å²) in [5, 5.41) is 3.20. The molecule has 18 heavy (non-hydrogen) atoms. The highest BCUT2D eigenvalue weighted by molar-refractivity contribution is 5.38. The van der Waals surface area contributed by atoms with Crippen LogP contribution in [0.1, 0.15) is 45.4 Å². The van der Waals surface area contributed by atoms with Crippen LogP contribution in [0.4, 0.5) is 5.82 Å². The molecule has 0 unspecified atom stereocenters. The van der Waals surface area contributed by atoms with Crippen molar-refractivity contribution in [1.82, 2.24) is 9.97 Å². The van der Waals surface area contributed by atoms with Crippen molar-refractivity contribution >= 4 is 5.82 Å². The molecule has 100 valence electrons. The zero-order valence-electron chi connectivity index (χ0n) is 11.6. The van der Waals surface area contributed by atoms with Crippen LogP contribution < -0.4 is 10.1 Å². The van der Waals surface area contributed by atoms with Gasteiger partial charge in [-0.05, 0) is 19.8 Å². The van der Waals surface area contributed by atoms with Gasteiger partial charge in [0, 0.05) is 18.5 Å². The molecule has 0 saturated heterocycles. The van der Waals surface area contributed by atoms with Crippen molar-refractivity contribution in [2.75, 3.05) is 18.5 Å². The summed E-state index contributed by atoms with van der Waals surface area (Å²) in [6, 6.07) is 1.85. The second-order valence-electron chi connectivity index (χ2n) is 4.41. The highest BCUT2D eigenvalue weighted by atomic mass is 16.5. The van der Waals surface area contributed by atoms with Crippen molar-refractivity contribution in [1.29, 1.82) is 0 Å². The summed E-state index contributed by atoms with van der Waals surface area (Å²) in [5.74, 6) is 2.58. The van der Waals surface area contributed by atoms with Crippen molar-refractivity contribution in [3.8, 4) is 5.88 Å². The fourth-order valence-electron chi connectivity index (χ4n) is 1.45. The first kappa shape index (κ1) is 14.5. The number of nitrogens with one attached hydrogen (secondary N) is 1. The van der Waals surface area contributed by atoms with E-state index in [-0.39, 0.29) is 0 Å². The Balaban J connectivity index is 2.72. The molecule has 1 rings (SSSR count). The minimum Gasteiger partial charge on any atom is -0.478 e. The molecule has 4 nitrogen and oxygen atoms in total. The van der Waals surface area contributed by atoms with Gasteiger partial charge in [-0.1, -0.05) is 19.9 Å². The minimum atomic E-state index is 0.291. The number of hydrogen-bond acceptors (Lipinski definition) is 4. The lowest BCUT2D eigenvalue weighted by atomic mass is 10.2. The van der Waals surface area contributed by atoms with Crippen molar-refractivity contribution < 1.29 is 4.74 Å². The molecule has 0 aliphatic rings. The van der Waals surface area contributed by atoms with Crippen molar-refractivity contribution in [3.63, 3.8) is 0 Å². The molecule has 4 heteroatoms. The van der Waals surface area contributed by atoms with E-state index < -0.39 is 0 Å². The summed E-state index contributed by atoms with van der Waals surface area (Å²) in [7, 11) is 0. The Hall–Kier alpha value is -1.58. The van der Waals surface area contributed by atoms with Gasteiger partial charge in [0.15, 0.2) is 0 Å². The molecule has 0 bridgehead atoms. The average molecular weight is 249 g/mol. The first-order chi connectivity index (χ1) is 8.67. The molecule has 0 aliphatic carbocycles. The van der Waals surface area contributed by atoms with Gasteiger partial charge < -0.3 is 10.1 Å². The third-order valence-corrected chi connectivity index (χ3v) is 2.40. The normalized spacial score (nSPS) is 10.4. The molecular weight excluding hydrogens is 226 g/mol. The topological polar surface area (TPSA) is 47.0 Å². The number of unbranched alkanes of at least 4 members (excludes halogenated alkanes) is 1. The average Bonchev–Trinajstić information content (AvgIpc) is 2.35. The van der Waals surface area contributed by atoms with Gasteiger partial charge in [-0.15, -0.1) is 6.58 Å². The lowest BCUT2D eigenvalue weighted by Crippen LogP contribution is -2.07. The maximum Gasteiger partial charge on any atom is 0.218 e. The number of ether oxygens (including phenoxy) is 1. The van der Waals surface area contributed by atoms with Crippen LogP contribution in [0.5, 0.6) is 5.88 Å². The Morgan fingerprint density at radius 3 is 2.83 bits per heavy atom. The summed E-state index contributed by atoms with van der Waals surface area (Å²) < 4.78 is 5.65. The van der Waals surface area contributed by atoms with Crippen LogP contribution >= 0.6 is 0 Å². The minimum absolute atomic E-state index is 0.291. The van der Waals surface area contributed by atoms with Crippen LogP contribution in [0.15, 0.2) is 18.7 Å². The van der Waals surface area contributed by atoms with E-state index in [0.717, 1.165) is 31.0 Å².